The van der Waals surface area contributed by atoms with E-state index in [4.69, 9.17) is 19.2 Å². The van der Waals surface area contributed by atoms with Gasteiger partial charge in [0.05, 0.1) is 23.7 Å². The summed E-state index contributed by atoms with van der Waals surface area (Å²) in [5.74, 6) is 2.30. The number of hydrogen-bond donors (Lipinski definition) is 0. The molecule has 5 rings (SSSR count). The Hall–Kier alpha value is -3.27. The quantitative estimate of drug-likeness (QED) is 0.496. The Morgan fingerprint density at radius 3 is 2.48 bits per heavy atom. The highest BCUT2D eigenvalue weighted by Crippen LogP contribution is 2.42. The zero-order chi connectivity index (χ0) is 16.8. The molecule has 0 spiro atoms. The number of benzene rings is 3. The predicted octanol–water partition coefficient (Wildman–Crippen LogP) is 4.79. The molecular weight excluding hydrogens is 314 g/mol. The van der Waals surface area contributed by atoms with Gasteiger partial charge in [-0.15, -0.1) is 0 Å². The molecule has 0 saturated carbocycles. The SMILES string of the molecule is COc1cccc2c1c(-c1ccccc1)nc1cc3c(cc12)OCO3. The van der Waals surface area contributed by atoms with Crippen molar-refractivity contribution in [3.63, 3.8) is 0 Å². The van der Waals surface area contributed by atoms with Crippen molar-refractivity contribution in [1.82, 2.24) is 4.98 Å². The van der Waals surface area contributed by atoms with E-state index in [0.717, 1.165) is 50.2 Å². The zero-order valence-electron chi connectivity index (χ0n) is 13.7. The summed E-state index contributed by atoms with van der Waals surface area (Å²) in [5, 5.41) is 3.11. The number of fused-ring (bicyclic) bond motifs is 4. The maximum absolute atomic E-state index is 5.64. The van der Waals surface area contributed by atoms with Crippen molar-refractivity contribution >= 4 is 21.7 Å². The van der Waals surface area contributed by atoms with E-state index < -0.39 is 0 Å². The first kappa shape index (κ1) is 14.1. The molecule has 0 radical (unpaired) electrons. The van der Waals surface area contributed by atoms with E-state index in [1.54, 1.807) is 7.11 Å². The monoisotopic (exact) mass is 329 g/mol. The highest BCUT2D eigenvalue weighted by molar-refractivity contribution is 6.13. The molecule has 2 heterocycles. The van der Waals surface area contributed by atoms with Crippen LogP contribution >= 0.6 is 0 Å². The van der Waals surface area contributed by atoms with Gasteiger partial charge in [-0.25, -0.2) is 4.98 Å². The van der Waals surface area contributed by atoms with E-state index in [2.05, 4.69) is 18.2 Å². The van der Waals surface area contributed by atoms with E-state index in [1.807, 2.05) is 42.5 Å². The minimum Gasteiger partial charge on any atom is -0.496 e. The van der Waals surface area contributed by atoms with Crippen LogP contribution in [0, 0.1) is 0 Å². The van der Waals surface area contributed by atoms with Crippen molar-refractivity contribution < 1.29 is 14.2 Å². The molecule has 4 heteroatoms. The molecule has 0 N–H and O–H groups in total. The highest BCUT2D eigenvalue weighted by Gasteiger charge is 2.19. The van der Waals surface area contributed by atoms with E-state index in [-0.39, 0.29) is 6.79 Å². The minimum absolute atomic E-state index is 0.248. The topological polar surface area (TPSA) is 40.6 Å². The Labute approximate surface area is 144 Å². The summed E-state index contributed by atoms with van der Waals surface area (Å²) in [5.41, 5.74) is 2.83. The van der Waals surface area contributed by atoms with Gasteiger partial charge in [0.15, 0.2) is 11.5 Å². The molecule has 0 aliphatic carbocycles. The van der Waals surface area contributed by atoms with Crippen LogP contribution < -0.4 is 14.2 Å². The third-order valence-corrected chi connectivity index (χ3v) is 4.54. The molecule has 25 heavy (non-hydrogen) atoms. The standard InChI is InChI=1S/C21H15NO3/c1-23-17-9-5-8-14-15-10-18-19(25-12-24-18)11-16(15)22-21(20(14)17)13-6-3-2-4-7-13/h2-11H,12H2,1H3. The summed E-state index contributed by atoms with van der Waals surface area (Å²) in [6.07, 6.45) is 0. The summed E-state index contributed by atoms with van der Waals surface area (Å²) < 4.78 is 16.7. The number of aromatic nitrogens is 1. The molecule has 1 aliphatic rings. The Morgan fingerprint density at radius 2 is 1.68 bits per heavy atom. The lowest BCUT2D eigenvalue weighted by atomic mass is 9.99. The van der Waals surface area contributed by atoms with Crippen molar-refractivity contribution in [1.29, 1.82) is 0 Å². The number of nitrogens with zero attached hydrogens (tertiary/aromatic N) is 1. The molecule has 0 atom stereocenters. The van der Waals surface area contributed by atoms with Crippen LogP contribution in [0.2, 0.25) is 0 Å². The van der Waals surface area contributed by atoms with Gasteiger partial charge in [-0.3, -0.25) is 0 Å². The molecular formula is C21H15NO3. The van der Waals surface area contributed by atoms with Gasteiger partial charge in [-0.2, -0.15) is 0 Å². The molecule has 3 aromatic carbocycles. The largest absolute Gasteiger partial charge is 0.496 e. The van der Waals surface area contributed by atoms with E-state index in [9.17, 15) is 0 Å². The second kappa shape index (κ2) is 5.38. The van der Waals surface area contributed by atoms with Gasteiger partial charge in [0.1, 0.15) is 5.75 Å². The van der Waals surface area contributed by atoms with Crippen molar-refractivity contribution in [3.05, 3.63) is 60.7 Å². The van der Waals surface area contributed by atoms with Gasteiger partial charge in [0.2, 0.25) is 6.79 Å². The maximum atomic E-state index is 5.64. The van der Waals surface area contributed by atoms with Crippen molar-refractivity contribution in [2.45, 2.75) is 0 Å². The minimum atomic E-state index is 0.248. The second-order valence-electron chi connectivity index (χ2n) is 5.93. The first-order valence-electron chi connectivity index (χ1n) is 8.10. The molecule has 4 aromatic rings. The molecule has 0 fully saturated rings. The van der Waals surface area contributed by atoms with Crippen LogP contribution in [-0.2, 0) is 0 Å². The smallest absolute Gasteiger partial charge is 0.231 e. The van der Waals surface area contributed by atoms with Crippen LogP contribution in [0.4, 0.5) is 0 Å². The predicted molar refractivity (Wildman–Crippen MR) is 97.4 cm³/mol. The van der Waals surface area contributed by atoms with Gasteiger partial charge in [-0.1, -0.05) is 42.5 Å². The van der Waals surface area contributed by atoms with Crippen LogP contribution in [-0.4, -0.2) is 18.9 Å². The molecule has 0 amide bonds. The van der Waals surface area contributed by atoms with Gasteiger partial charge < -0.3 is 14.2 Å². The average Bonchev–Trinajstić information content (AvgIpc) is 3.13. The Balaban J connectivity index is 1.95. The number of ether oxygens (including phenoxy) is 3. The average molecular weight is 329 g/mol. The number of methoxy groups -OCH3 is 1. The Kier molecular flexibility index (Phi) is 3.04. The van der Waals surface area contributed by atoms with Crippen LogP contribution in [0.3, 0.4) is 0 Å². The first-order valence-corrected chi connectivity index (χ1v) is 8.10. The van der Waals surface area contributed by atoms with Crippen molar-refractivity contribution in [2.75, 3.05) is 13.9 Å². The van der Waals surface area contributed by atoms with Gasteiger partial charge in [0.25, 0.3) is 0 Å². The third kappa shape index (κ3) is 2.11. The lowest BCUT2D eigenvalue weighted by Crippen LogP contribution is -1.93. The van der Waals surface area contributed by atoms with Crippen LogP contribution in [0.1, 0.15) is 0 Å². The molecule has 0 bridgehead atoms. The molecule has 4 nitrogen and oxygen atoms in total. The van der Waals surface area contributed by atoms with Crippen LogP contribution in [0.5, 0.6) is 17.2 Å². The van der Waals surface area contributed by atoms with Gasteiger partial charge >= 0.3 is 0 Å². The fourth-order valence-electron chi connectivity index (χ4n) is 3.39. The summed E-state index contributed by atoms with van der Waals surface area (Å²) in [4.78, 5) is 4.94. The zero-order valence-corrected chi connectivity index (χ0v) is 13.7. The summed E-state index contributed by atoms with van der Waals surface area (Å²) >= 11 is 0. The third-order valence-electron chi connectivity index (χ3n) is 4.54. The van der Waals surface area contributed by atoms with Crippen LogP contribution in [0.15, 0.2) is 60.7 Å². The Bertz CT molecular complexity index is 1110. The molecule has 122 valence electrons. The number of rotatable bonds is 2. The van der Waals surface area contributed by atoms with Gasteiger partial charge in [0, 0.05) is 17.0 Å². The van der Waals surface area contributed by atoms with Crippen molar-refractivity contribution in [3.8, 4) is 28.5 Å². The normalized spacial score (nSPS) is 12.7. The van der Waals surface area contributed by atoms with E-state index >= 15 is 0 Å². The maximum Gasteiger partial charge on any atom is 0.231 e. The molecule has 0 unspecified atom stereocenters. The van der Waals surface area contributed by atoms with Crippen LogP contribution in [0.25, 0.3) is 32.9 Å². The van der Waals surface area contributed by atoms with E-state index in [0.29, 0.717) is 0 Å². The first-order chi connectivity index (χ1) is 12.3. The lowest BCUT2D eigenvalue weighted by molar-refractivity contribution is 0.174. The highest BCUT2D eigenvalue weighted by atomic mass is 16.7. The second-order valence-corrected chi connectivity index (χ2v) is 5.93. The molecule has 1 aliphatic heterocycles. The van der Waals surface area contributed by atoms with E-state index in [1.165, 1.54) is 0 Å². The lowest BCUT2D eigenvalue weighted by Gasteiger charge is -2.13. The number of hydrogen-bond acceptors (Lipinski definition) is 4. The summed E-state index contributed by atoms with van der Waals surface area (Å²) in [6.45, 7) is 0.248. The Morgan fingerprint density at radius 1 is 0.880 bits per heavy atom. The summed E-state index contributed by atoms with van der Waals surface area (Å²) in [6, 6.07) is 20.2. The van der Waals surface area contributed by atoms with Crippen molar-refractivity contribution in [2.24, 2.45) is 0 Å². The fraction of sp³-hybridized carbons (Fsp3) is 0.0952. The fourth-order valence-corrected chi connectivity index (χ4v) is 3.39. The summed E-state index contributed by atoms with van der Waals surface area (Å²) in [7, 11) is 1.69. The number of pyridine rings is 1. The molecule has 1 aromatic heterocycles. The molecule has 0 saturated heterocycles. The van der Waals surface area contributed by atoms with Gasteiger partial charge in [-0.05, 0) is 17.5 Å².